The van der Waals surface area contributed by atoms with Gasteiger partial charge in [-0.3, -0.25) is 4.79 Å². The van der Waals surface area contributed by atoms with Gasteiger partial charge in [0, 0.05) is 6.54 Å². The number of fused-ring (bicyclic) bond motifs is 1. The topological polar surface area (TPSA) is 73.9 Å². The number of esters is 1. The molecule has 0 aromatic heterocycles. The molecule has 0 saturated heterocycles. The van der Waals surface area contributed by atoms with Crippen LogP contribution in [0.25, 0.3) is 11.1 Å². The van der Waals surface area contributed by atoms with E-state index in [4.69, 9.17) is 14.2 Å². The average molecular weight is 367 g/mol. The van der Waals surface area contributed by atoms with E-state index < -0.39 is 5.97 Å². The highest BCUT2D eigenvalue weighted by Crippen LogP contribution is 2.38. The van der Waals surface area contributed by atoms with Crippen molar-refractivity contribution < 1.29 is 23.8 Å². The minimum atomic E-state index is -0.584. The van der Waals surface area contributed by atoms with Crippen molar-refractivity contribution >= 4 is 23.0 Å². The van der Waals surface area contributed by atoms with Crippen LogP contribution in [0.4, 0.5) is 0 Å². The van der Waals surface area contributed by atoms with E-state index in [9.17, 15) is 9.59 Å². The molecule has 2 aromatic rings. The maximum absolute atomic E-state index is 12.9. The first-order valence-corrected chi connectivity index (χ1v) is 8.52. The standard InChI is InChI=1S/C21H21NO5/c1-25-16-11-14-9-10-22-20(23)18(13-7-5-4-6-8-13)19(21(24)27-3)15(14)12-17(16)26-2/h4-8,11-12H,9-10H2,1-3H3,(H,22,23)/b19-18+. The summed E-state index contributed by atoms with van der Waals surface area (Å²) in [6, 6.07) is 12.6. The van der Waals surface area contributed by atoms with Gasteiger partial charge in [0.25, 0.3) is 5.91 Å². The summed E-state index contributed by atoms with van der Waals surface area (Å²) in [6.45, 7) is 0.437. The fraction of sp³-hybridized carbons (Fsp3) is 0.238. The molecule has 140 valence electrons. The maximum atomic E-state index is 12.9. The Labute approximate surface area is 157 Å². The van der Waals surface area contributed by atoms with Crippen molar-refractivity contribution in [3.8, 4) is 11.5 Å². The lowest BCUT2D eigenvalue weighted by Crippen LogP contribution is -2.30. The first kappa shape index (κ1) is 18.5. The zero-order valence-electron chi connectivity index (χ0n) is 15.5. The van der Waals surface area contributed by atoms with Crippen molar-refractivity contribution in [3.05, 3.63) is 59.2 Å². The molecule has 1 N–H and O–H groups in total. The first-order chi connectivity index (χ1) is 13.1. The molecule has 1 heterocycles. The Hall–Kier alpha value is -3.28. The van der Waals surface area contributed by atoms with Crippen molar-refractivity contribution in [3.63, 3.8) is 0 Å². The van der Waals surface area contributed by atoms with Crippen LogP contribution in [0.1, 0.15) is 16.7 Å². The quantitative estimate of drug-likeness (QED) is 0.841. The van der Waals surface area contributed by atoms with E-state index in [1.54, 1.807) is 25.3 Å². The molecule has 0 atom stereocenters. The summed E-state index contributed by atoms with van der Waals surface area (Å²) < 4.78 is 15.8. The molecule has 27 heavy (non-hydrogen) atoms. The smallest absolute Gasteiger partial charge is 0.339 e. The highest BCUT2D eigenvalue weighted by Gasteiger charge is 2.29. The third kappa shape index (κ3) is 3.51. The molecule has 0 saturated carbocycles. The summed E-state index contributed by atoms with van der Waals surface area (Å²) in [5.74, 6) is 0.140. The number of methoxy groups -OCH3 is 3. The van der Waals surface area contributed by atoms with Crippen LogP contribution in [-0.2, 0) is 20.7 Å². The predicted octanol–water partition coefficient (Wildman–Crippen LogP) is 2.46. The number of carbonyl (C=O) groups is 2. The number of rotatable bonds is 4. The van der Waals surface area contributed by atoms with Crippen LogP contribution in [0.2, 0.25) is 0 Å². The fourth-order valence-electron chi connectivity index (χ4n) is 3.20. The van der Waals surface area contributed by atoms with Gasteiger partial charge >= 0.3 is 5.97 Å². The number of hydrogen-bond donors (Lipinski definition) is 1. The average Bonchev–Trinajstić information content (AvgIpc) is 2.70. The number of carbonyl (C=O) groups excluding carboxylic acids is 2. The van der Waals surface area contributed by atoms with Crippen molar-refractivity contribution in [2.75, 3.05) is 27.9 Å². The third-order valence-electron chi connectivity index (χ3n) is 4.49. The summed E-state index contributed by atoms with van der Waals surface area (Å²) in [5, 5.41) is 2.87. The maximum Gasteiger partial charge on any atom is 0.339 e. The van der Waals surface area contributed by atoms with E-state index in [1.807, 2.05) is 24.3 Å². The van der Waals surface area contributed by atoms with Gasteiger partial charge in [0.1, 0.15) is 0 Å². The van der Waals surface area contributed by atoms with E-state index in [-0.39, 0.29) is 17.1 Å². The van der Waals surface area contributed by atoms with Crippen LogP contribution < -0.4 is 14.8 Å². The van der Waals surface area contributed by atoms with Gasteiger partial charge in [0.2, 0.25) is 0 Å². The minimum Gasteiger partial charge on any atom is -0.493 e. The summed E-state index contributed by atoms with van der Waals surface area (Å²) in [4.78, 5) is 25.6. The van der Waals surface area contributed by atoms with Gasteiger partial charge in [0.15, 0.2) is 11.5 Å². The lowest BCUT2D eigenvalue weighted by molar-refractivity contribution is -0.133. The highest BCUT2D eigenvalue weighted by atomic mass is 16.5. The summed E-state index contributed by atoms with van der Waals surface area (Å²) in [7, 11) is 4.38. The predicted molar refractivity (Wildman–Crippen MR) is 102 cm³/mol. The van der Waals surface area contributed by atoms with Gasteiger partial charge < -0.3 is 19.5 Å². The number of amides is 1. The summed E-state index contributed by atoms with van der Waals surface area (Å²) in [6.07, 6.45) is 0.546. The number of nitrogens with one attached hydrogen (secondary N) is 1. The largest absolute Gasteiger partial charge is 0.493 e. The normalized spacial score (nSPS) is 16.5. The lowest BCUT2D eigenvalue weighted by atomic mass is 9.88. The highest BCUT2D eigenvalue weighted by molar-refractivity contribution is 6.38. The molecule has 0 radical (unpaired) electrons. The Morgan fingerprint density at radius 2 is 1.67 bits per heavy atom. The molecule has 1 amide bonds. The number of benzene rings is 2. The Balaban J connectivity index is 2.38. The molecule has 6 heteroatoms. The van der Waals surface area contributed by atoms with E-state index in [1.165, 1.54) is 14.2 Å². The van der Waals surface area contributed by atoms with Gasteiger partial charge in [0.05, 0.1) is 32.5 Å². The second kappa shape index (κ2) is 7.95. The van der Waals surface area contributed by atoms with Gasteiger partial charge in [-0.05, 0) is 35.2 Å². The van der Waals surface area contributed by atoms with Crippen LogP contribution in [0.3, 0.4) is 0 Å². The molecule has 0 spiro atoms. The number of hydrogen-bond acceptors (Lipinski definition) is 5. The van der Waals surface area contributed by atoms with E-state index in [0.717, 1.165) is 5.56 Å². The zero-order valence-corrected chi connectivity index (χ0v) is 15.5. The third-order valence-corrected chi connectivity index (χ3v) is 4.49. The summed E-state index contributed by atoms with van der Waals surface area (Å²) in [5.41, 5.74) is 2.58. The molecule has 0 unspecified atom stereocenters. The van der Waals surface area contributed by atoms with Gasteiger partial charge in [-0.15, -0.1) is 0 Å². The zero-order chi connectivity index (χ0) is 19.4. The van der Waals surface area contributed by atoms with Crippen molar-refractivity contribution in [2.45, 2.75) is 6.42 Å². The molecule has 0 bridgehead atoms. The Kier molecular flexibility index (Phi) is 5.45. The van der Waals surface area contributed by atoms with Gasteiger partial charge in [-0.25, -0.2) is 4.79 Å². The molecule has 0 aliphatic carbocycles. The van der Waals surface area contributed by atoms with E-state index in [0.29, 0.717) is 35.6 Å². The van der Waals surface area contributed by atoms with Gasteiger partial charge in [-0.1, -0.05) is 30.3 Å². The molecular formula is C21H21NO5. The van der Waals surface area contributed by atoms with Crippen LogP contribution in [0, 0.1) is 0 Å². The molecule has 1 aliphatic rings. The van der Waals surface area contributed by atoms with Crippen molar-refractivity contribution in [1.82, 2.24) is 5.32 Å². The van der Waals surface area contributed by atoms with Crippen LogP contribution in [-0.4, -0.2) is 39.8 Å². The molecule has 3 rings (SSSR count). The van der Waals surface area contributed by atoms with Crippen LogP contribution in [0.15, 0.2) is 42.5 Å². The molecule has 1 aliphatic heterocycles. The molecule has 0 fully saturated rings. The monoisotopic (exact) mass is 367 g/mol. The van der Waals surface area contributed by atoms with E-state index in [2.05, 4.69) is 5.32 Å². The Morgan fingerprint density at radius 1 is 1.00 bits per heavy atom. The summed E-state index contributed by atoms with van der Waals surface area (Å²) >= 11 is 0. The van der Waals surface area contributed by atoms with Crippen LogP contribution in [0.5, 0.6) is 11.5 Å². The molecular weight excluding hydrogens is 346 g/mol. The van der Waals surface area contributed by atoms with Crippen LogP contribution >= 0.6 is 0 Å². The first-order valence-electron chi connectivity index (χ1n) is 8.52. The molecule has 2 aromatic carbocycles. The SMILES string of the molecule is COC(=O)/C1=C(\c2ccccc2)C(=O)NCCc2cc(OC)c(OC)cc21. The van der Waals surface area contributed by atoms with E-state index >= 15 is 0 Å². The Morgan fingerprint density at radius 3 is 2.30 bits per heavy atom. The molecule has 6 nitrogen and oxygen atoms in total. The van der Waals surface area contributed by atoms with Crippen molar-refractivity contribution in [2.24, 2.45) is 0 Å². The second-order valence-electron chi connectivity index (χ2n) is 5.98. The minimum absolute atomic E-state index is 0.205. The van der Waals surface area contributed by atoms with Gasteiger partial charge in [-0.2, -0.15) is 0 Å². The fourth-order valence-corrected chi connectivity index (χ4v) is 3.20. The lowest BCUT2D eigenvalue weighted by Gasteiger charge is -2.22. The number of ether oxygens (including phenoxy) is 3. The Bertz CT molecular complexity index is 902. The second-order valence-corrected chi connectivity index (χ2v) is 5.98. The van der Waals surface area contributed by atoms with Crippen molar-refractivity contribution in [1.29, 1.82) is 0 Å².